The van der Waals surface area contributed by atoms with E-state index in [-0.39, 0.29) is 34.4 Å². The van der Waals surface area contributed by atoms with E-state index in [1.54, 1.807) is 0 Å². The van der Waals surface area contributed by atoms with Gasteiger partial charge in [-0.3, -0.25) is 19.8 Å². The largest absolute Gasteiger partial charge is 0.481 e. The van der Waals surface area contributed by atoms with Crippen LogP contribution in [0.1, 0.15) is 5.56 Å². The van der Waals surface area contributed by atoms with Crippen LogP contribution in [0.2, 0.25) is 0 Å². The molecule has 1 saturated heterocycles. The minimum absolute atomic E-state index is 0.113. The van der Waals surface area contributed by atoms with Crippen LogP contribution in [0.3, 0.4) is 0 Å². The second-order valence-corrected chi connectivity index (χ2v) is 6.42. The van der Waals surface area contributed by atoms with Gasteiger partial charge in [-0.1, -0.05) is 30.1 Å². The molecule has 2 rings (SSSR count). The van der Waals surface area contributed by atoms with E-state index in [0.717, 1.165) is 11.8 Å². The van der Waals surface area contributed by atoms with Crippen molar-refractivity contribution >= 4 is 51.9 Å². The first-order valence-corrected chi connectivity index (χ1v) is 8.05. The van der Waals surface area contributed by atoms with Gasteiger partial charge in [0, 0.05) is 24.2 Å². The third kappa shape index (κ3) is 4.43. The average molecular weight is 380 g/mol. The molecule has 1 fully saturated rings. The van der Waals surface area contributed by atoms with E-state index in [1.807, 2.05) is 0 Å². The SMILES string of the molecule is C=CCN1C(=O)/C(=C/c2cc([N+](=O)[O-])ccc2OCC(=O)O)SC1=S. The Morgan fingerprint density at radius 1 is 1.52 bits per heavy atom. The van der Waals surface area contributed by atoms with Crippen molar-refractivity contribution in [2.24, 2.45) is 0 Å². The van der Waals surface area contributed by atoms with Crippen LogP contribution in [0.4, 0.5) is 5.69 Å². The van der Waals surface area contributed by atoms with Crippen molar-refractivity contribution in [3.05, 3.63) is 51.4 Å². The van der Waals surface area contributed by atoms with Gasteiger partial charge in [-0.05, 0) is 12.1 Å². The predicted molar refractivity (Wildman–Crippen MR) is 96.3 cm³/mol. The highest BCUT2D eigenvalue weighted by atomic mass is 32.2. The van der Waals surface area contributed by atoms with Gasteiger partial charge in [-0.25, -0.2) is 4.79 Å². The smallest absolute Gasteiger partial charge is 0.341 e. The number of hydrogen-bond acceptors (Lipinski definition) is 7. The number of thioether (sulfide) groups is 1. The molecule has 130 valence electrons. The molecule has 0 bridgehead atoms. The molecule has 0 aliphatic carbocycles. The quantitative estimate of drug-likeness (QED) is 0.252. The number of aliphatic carboxylic acids is 1. The number of nitrogens with zero attached hydrogens (tertiary/aromatic N) is 2. The van der Waals surface area contributed by atoms with E-state index < -0.39 is 17.5 Å². The van der Waals surface area contributed by atoms with Crippen LogP contribution in [0.5, 0.6) is 5.75 Å². The minimum atomic E-state index is -1.19. The highest BCUT2D eigenvalue weighted by Crippen LogP contribution is 2.35. The van der Waals surface area contributed by atoms with Crippen molar-refractivity contribution in [2.75, 3.05) is 13.2 Å². The molecule has 8 nitrogen and oxygen atoms in total. The molecule has 1 aromatic carbocycles. The summed E-state index contributed by atoms with van der Waals surface area (Å²) in [5.74, 6) is -1.44. The maximum atomic E-state index is 12.3. The van der Waals surface area contributed by atoms with Gasteiger partial charge < -0.3 is 9.84 Å². The van der Waals surface area contributed by atoms with E-state index in [0.29, 0.717) is 4.32 Å². The number of ether oxygens (including phenoxy) is 1. The van der Waals surface area contributed by atoms with Crippen molar-refractivity contribution in [1.82, 2.24) is 4.90 Å². The number of hydrogen-bond donors (Lipinski definition) is 1. The lowest BCUT2D eigenvalue weighted by Crippen LogP contribution is -2.27. The lowest BCUT2D eigenvalue weighted by molar-refractivity contribution is -0.384. The van der Waals surface area contributed by atoms with Crippen molar-refractivity contribution < 1.29 is 24.4 Å². The fourth-order valence-corrected chi connectivity index (χ4v) is 3.23. The normalized spacial score (nSPS) is 15.5. The van der Waals surface area contributed by atoms with Crippen molar-refractivity contribution in [2.45, 2.75) is 0 Å². The number of carboxylic acid groups (broad SMARTS) is 1. The van der Waals surface area contributed by atoms with Gasteiger partial charge in [-0.2, -0.15) is 0 Å². The molecular formula is C15H12N2O6S2. The van der Waals surface area contributed by atoms with Crippen molar-refractivity contribution in [3.63, 3.8) is 0 Å². The summed E-state index contributed by atoms with van der Waals surface area (Å²) in [5, 5.41) is 19.7. The molecule has 0 radical (unpaired) electrons. The zero-order chi connectivity index (χ0) is 18.6. The fraction of sp³-hybridized carbons (Fsp3) is 0.133. The number of non-ortho nitro benzene ring substituents is 1. The van der Waals surface area contributed by atoms with E-state index >= 15 is 0 Å². The summed E-state index contributed by atoms with van der Waals surface area (Å²) in [6, 6.07) is 3.69. The van der Waals surface area contributed by atoms with Gasteiger partial charge in [0.05, 0.1) is 9.83 Å². The maximum Gasteiger partial charge on any atom is 0.341 e. The molecule has 25 heavy (non-hydrogen) atoms. The number of amides is 1. The minimum Gasteiger partial charge on any atom is -0.481 e. The van der Waals surface area contributed by atoms with Gasteiger partial charge in [-0.15, -0.1) is 6.58 Å². The number of benzene rings is 1. The van der Waals surface area contributed by atoms with Crippen LogP contribution in [0, 0.1) is 10.1 Å². The fourth-order valence-electron chi connectivity index (χ4n) is 1.96. The molecule has 1 N–H and O–H groups in total. The first-order chi connectivity index (χ1) is 11.8. The molecule has 1 aromatic rings. The van der Waals surface area contributed by atoms with Gasteiger partial charge in [0.2, 0.25) is 0 Å². The standard InChI is InChI=1S/C15H12N2O6S2/c1-2-5-16-14(20)12(25-15(16)24)7-9-6-10(17(21)22)3-4-11(9)23-8-13(18)19/h2-4,6-7H,1,5,8H2,(H,18,19)/b12-7-. The monoisotopic (exact) mass is 380 g/mol. The van der Waals surface area contributed by atoms with Gasteiger partial charge in [0.25, 0.3) is 11.6 Å². The topological polar surface area (TPSA) is 110 Å². The van der Waals surface area contributed by atoms with E-state index in [2.05, 4.69) is 6.58 Å². The van der Waals surface area contributed by atoms with Crippen LogP contribution in [-0.4, -0.2) is 44.3 Å². The lowest BCUT2D eigenvalue weighted by Gasteiger charge is -2.10. The molecule has 1 amide bonds. The third-order valence-electron chi connectivity index (χ3n) is 3.03. The van der Waals surface area contributed by atoms with Crippen molar-refractivity contribution in [1.29, 1.82) is 0 Å². The molecule has 10 heteroatoms. The van der Waals surface area contributed by atoms with Crippen LogP contribution >= 0.6 is 24.0 Å². The maximum absolute atomic E-state index is 12.3. The van der Waals surface area contributed by atoms with Gasteiger partial charge in [0.1, 0.15) is 10.1 Å². The molecule has 1 heterocycles. The second kappa shape index (κ2) is 7.90. The Morgan fingerprint density at radius 3 is 2.84 bits per heavy atom. The summed E-state index contributed by atoms with van der Waals surface area (Å²) in [6.45, 7) is 3.19. The molecule has 0 spiro atoms. The van der Waals surface area contributed by atoms with E-state index in [4.69, 9.17) is 22.1 Å². The summed E-state index contributed by atoms with van der Waals surface area (Å²) in [5.41, 5.74) is 0.00467. The third-order valence-corrected chi connectivity index (χ3v) is 4.40. The number of rotatable bonds is 7. The molecule has 0 aromatic heterocycles. The Hall–Kier alpha value is -2.72. The van der Waals surface area contributed by atoms with Crippen LogP contribution < -0.4 is 4.74 Å². The average Bonchev–Trinajstić information content (AvgIpc) is 2.81. The highest BCUT2D eigenvalue weighted by Gasteiger charge is 2.31. The number of carbonyl (C=O) groups is 2. The van der Waals surface area contributed by atoms with E-state index in [9.17, 15) is 19.7 Å². The molecule has 1 aliphatic heterocycles. The summed E-state index contributed by atoms with van der Waals surface area (Å²) in [6.07, 6.45) is 2.93. The van der Waals surface area contributed by atoms with Crippen molar-refractivity contribution in [3.8, 4) is 5.75 Å². The first kappa shape index (κ1) is 18.6. The van der Waals surface area contributed by atoms with E-state index in [1.165, 1.54) is 35.3 Å². The van der Waals surface area contributed by atoms with Gasteiger partial charge >= 0.3 is 5.97 Å². The number of carbonyl (C=O) groups excluding carboxylic acids is 1. The molecule has 1 aliphatic rings. The lowest BCUT2D eigenvalue weighted by atomic mass is 10.1. The molecule has 0 atom stereocenters. The number of carboxylic acids is 1. The molecule has 0 unspecified atom stereocenters. The zero-order valence-electron chi connectivity index (χ0n) is 12.7. The Bertz CT molecular complexity index is 805. The molecular weight excluding hydrogens is 368 g/mol. The Labute approximate surface area is 151 Å². The number of nitro benzene ring substituents is 1. The zero-order valence-corrected chi connectivity index (χ0v) is 14.3. The molecule has 0 saturated carbocycles. The van der Waals surface area contributed by atoms with Crippen LogP contribution in [0.15, 0.2) is 35.8 Å². The van der Waals surface area contributed by atoms with Crippen LogP contribution in [-0.2, 0) is 9.59 Å². The Kier molecular flexibility index (Phi) is 5.88. The summed E-state index contributed by atoms with van der Waals surface area (Å²) in [7, 11) is 0. The Balaban J connectivity index is 2.41. The summed E-state index contributed by atoms with van der Waals surface area (Å²) >= 11 is 6.17. The Morgan fingerprint density at radius 2 is 2.24 bits per heavy atom. The summed E-state index contributed by atoms with van der Waals surface area (Å²) in [4.78, 5) is 35.0. The first-order valence-electron chi connectivity index (χ1n) is 6.82. The number of thiocarbonyl (C=S) groups is 1. The van der Waals surface area contributed by atoms with Crippen LogP contribution in [0.25, 0.3) is 6.08 Å². The van der Waals surface area contributed by atoms with Gasteiger partial charge in [0.15, 0.2) is 6.61 Å². The predicted octanol–water partition coefficient (Wildman–Crippen LogP) is 2.45. The number of nitro groups is 1. The highest BCUT2D eigenvalue weighted by molar-refractivity contribution is 8.26. The summed E-state index contributed by atoms with van der Waals surface area (Å²) < 4.78 is 5.47. The second-order valence-electron chi connectivity index (χ2n) is 4.74.